The van der Waals surface area contributed by atoms with Crippen molar-refractivity contribution in [3.8, 4) is 11.3 Å². The van der Waals surface area contributed by atoms with Crippen LogP contribution in [0.15, 0.2) is 66.9 Å². The van der Waals surface area contributed by atoms with Crippen molar-refractivity contribution in [2.45, 2.75) is 19.5 Å². The molecule has 2 aromatic carbocycles. The average Bonchev–Trinajstić information content (AvgIpc) is 3.27. The highest BCUT2D eigenvalue weighted by molar-refractivity contribution is 6.06. The first-order valence-corrected chi connectivity index (χ1v) is 11.8. The van der Waals surface area contributed by atoms with Crippen LogP contribution in [0.3, 0.4) is 0 Å². The van der Waals surface area contributed by atoms with E-state index in [4.69, 9.17) is 9.72 Å². The fourth-order valence-corrected chi connectivity index (χ4v) is 4.43. The number of morpholine rings is 1. The summed E-state index contributed by atoms with van der Waals surface area (Å²) < 4.78 is 20.9. The van der Waals surface area contributed by atoms with Crippen LogP contribution in [0, 0.1) is 5.82 Å². The summed E-state index contributed by atoms with van der Waals surface area (Å²) in [7, 11) is 0. The molecule has 1 amide bonds. The Hall–Kier alpha value is -3.62. The van der Waals surface area contributed by atoms with Gasteiger partial charge in [0.15, 0.2) is 5.65 Å². The highest BCUT2D eigenvalue weighted by Crippen LogP contribution is 2.25. The summed E-state index contributed by atoms with van der Waals surface area (Å²) in [4.78, 5) is 20.6. The molecule has 35 heavy (non-hydrogen) atoms. The van der Waals surface area contributed by atoms with Gasteiger partial charge in [-0.05, 0) is 30.7 Å². The summed E-state index contributed by atoms with van der Waals surface area (Å²) in [5.41, 5.74) is 3.47. The summed E-state index contributed by atoms with van der Waals surface area (Å²) in [5.74, 6) is -0.466. The zero-order chi connectivity index (χ0) is 24.2. The van der Waals surface area contributed by atoms with Gasteiger partial charge in [0.1, 0.15) is 5.82 Å². The topological polar surface area (TPSA) is 72.3 Å². The number of hydrogen-bond donors (Lipinski definition) is 1. The zero-order valence-corrected chi connectivity index (χ0v) is 19.7. The Balaban J connectivity index is 1.48. The fourth-order valence-electron chi connectivity index (χ4n) is 4.43. The molecule has 0 saturated carbocycles. The Kier molecular flexibility index (Phi) is 6.83. The standard InChI is InChI=1S/C27H28FN5O2/c1-19(17-32-10-12-35-13-11-32)30-27(34)23-15-25(21-7-3-2-4-8-21)31-26-24(23)16-29-33(26)18-20-6-5-9-22(28)14-20/h2-9,14-16,19H,10-13,17-18H2,1H3,(H,30,34). The molecule has 0 spiro atoms. The van der Waals surface area contributed by atoms with Crippen LogP contribution < -0.4 is 5.32 Å². The van der Waals surface area contributed by atoms with Gasteiger partial charge in [0.25, 0.3) is 5.91 Å². The van der Waals surface area contributed by atoms with Gasteiger partial charge in [-0.3, -0.25) is 9.69 Å². The van der Waals surface area contributed by atoms with Crippen molar-refractivity contribution >= 4 is 16.9 Å². The van der Waals surface area contributed by atoms with E-state index in [0.29, 0.717) is 28.8 Å². The lowest BCUT2D eigenvalue weighted by atomic mass is 10.1. The third-order valence-electron chi connectivity index (χ3n) is 6.16. The highest BCUT2D eigenvalue weighted by atomic mass is 19.1. The second kappa shape index (κ2) is 10.3. The quantitative estimate of drug-likeness (QED) is 0.443. The molecule has 1 atom stereocenters. The van der Waals surface area contributed by atoms with Gasteiger partial charge in [-0.1, -0.05) is 42.5 Å². The molecule has 3 heterocycles. The average molecular weight is 474 g/mol. The maximum atomic E-state index is 13.7. The third-order valence-corrected chi connectivity index (χ3v) is 6.16. The number of hydrogen-bond acceptors (Lipinski definition) is 5. The van der Waals surface area contributed by atoms with E-state index in [-0.39, 0.29) is 17.8 Å². The van der Waals surface area contributed by atoms with Gasteiger partial charge in [0, 0.05) is 31.2 Å². The van der Waals surface area contributed by atoms with Gasteiger partial charge >= 0.3 is 0 Å². The van der Waals surface area contributed by atoms with E-state index in [2.05, 4.69) is 15.3 Å². The van der Waals surface area contributed by atoms with Crippen LogP contribution in [-0.4, -0.2) is 64.5 Å². The van der Waals surface area contributed by atoms with E-state index in [9.17, 15) is 9.18 Å². The molecule has 1 aliphatic heterocycles. The van der Waals surface area contributed by atoms with Crippen LogP contribution in [0.4, 0.5) is 4.39 Å². The second-order valence-electron chi connectivity index (χ2n) is 8.88. The molecule has 1 aliphatic rings. The van der Waals surface area contributed by atoms with Crippen LogP contribution >= 0.6 is 0 Å². The minimum absolute atomic E-state index is 0.0358. The van der Waals surface area contributed by atoms with Gasteiger partial charge in [-0.25, -0.2) is 14.1 Å². The number of ether oxygens (including phenoxy) is 1. The van der Waals surface area contributed by atoms with Crippen molar-refractivity contribution in [2.24, 2.45) is 0 Å². The number of pyridine rings is 1. The lowest BCUT2D eigenvalue weighted by Crippen LogP contribution is -2.46. The van der Waals surface area contributed by atoms with Crippen LogP contribution in [-0.2, 0) is 11.3 Å². The monoisotopic (exact) mass is 473 g/mol. The van der Waals surface area contributed by atoms with Crippen LogP contribution in [0.5, 0.6) is 0 Å². The first-order chi connectivity index (χ1) is 17.1. The number of fused-ring (bicyclic) bond motifs is 1. The number of carbonyl (C=O) groups is 1. The maximum absolute atomic E-state index is 13.7. The van der Waals surface area contributed by atoms with E-state index in [0.717, 1.165) is 44.0 Å². The molecule has 180 valence electrons. The molecule has 5 rings (SSSR count). The van der Waals surface area contributed by atoms with Crippen LogP contribution in [0.25, 0.3) is 22.3 Å². The maximum Gasteiger partial charge on any atom is 0.252 e. The van der Waals surface area contributed by atoms with Gasteiger partial charge in [-0.2, -0.15) is 5.10 Å². The van der Waals surface area contributed by atoms with E-state index >= 15 is 0 Å². The van der Waals surface area contributed by atoms with Crippen molar-refractivity contribution in [1.29, 1.82) is 0 Å². The Morgan fingerprint density at radius 3 is 2.69 bits per heavy atom. The normalized spacial score (nSPS) is 15.3. The number of benzene rings is 2. The number of rotatable bonds is 7. The molecule has 0 aliphatic carbocycles. The SMILES string of the molecule is CC(CN1CCOCC1)NC(=O)c1cc(-c2ccccc2)nc2c1cnn2Cc1cccc(F)c1. The lowest BCUT2D eigenvalue weighted by Gasteiger charge is -2.29. The van der Waals surface area contributed by atoms with Gasteiger partial charge in [0.2, 0.25) is 0 Å². The Bertz CT molecular complexity index is 1320. The van der Waals surface area contributed by atoms with E-state index in [1.54, 1.807) is 16.9 Å². The Morgan fingerprint density at radius 1 is 1.11 bits per heavy atom. The molecule has 2 aromatic heterocycles. The Labute approximate surface area is 203 Å². The minimum atomic E-state index is -0.300. The van der Waals surface area contributed by atoms with E-state index in [1.165, 1.54) is 12.1 Å². The first-order valence-electron chi connectivity index (χ1n) is 11.8. The third kappa shape index (κ3) is 5.39. The molecule has 1 saturated heterocycles. The smallest absolute Gasteiger partial charge is 0.252 e. The van der Waals surface area contributed by atoms with Crippen LogP contribution in [0.2, 0.25) is 0 Å². The summed E-state index contributed by atoms with van der Waals surface area (Å²) in [6.45, 7) is 6.29. The van der Waals surface area contributed by atoms with Crippen molar-refractivity contribution in [3.05, 3.63) is 83.8 Å². The summed E-state index contributed by atoms with van der Waals surface area (Å²) in [5, 5.41) is 8.31. The minimum Gasteiger partial charge on any atom is -0.379 e. The largest absolute Gasteiger partial charge is 0.379 e. The predicted molar refractivity (Wildman–Crippen MR) is 133 cm³/mol. The number of carbonyl (C=O) groups excluding carboxylic acids is 1. The molecule has 0 bridgehead atoms. The van der Waals surface area contributed by atoms with E-state index < -0.39 is 0 Å². The van der Waals surface area contributed by atoms with Crippen molar-refractivity contribution in [3.63, 3.8) is 0 Å². The molecule has 1 N–H and O–H groups in total. The predicted octanol–water partition coefficient (Wildman–Crippen LogP) is 3.74. The number of aromatic nitrogens is 3. The number of nitrogens with one attached hydrogen (secondary N) is 1. The second-order valence-corrected chi connectivity index (χ2v) is 8.88. The van der Waals surface area contributed by atoms with Crippen molar-refractivity contribution in [2.75, 3.05) is 32.8 Å². The number of halogens is 1. The molecule has 4 aromatic rings. The Morgan fingerprint density at radius 2 is 1.91 bits per heavy atom. The number of amides is 1. The van der Waals surface area contributed by atoms with Crippen LogP contribution in [0.1, 0.15) is 22.8 Å². The molecular formula is C27H28FN5O2. The highest BCUT2D eigenvalue weighted by Gasteiger charge is 2.21. The summed E-state index contributed by atoms with van der Waals surface area (Å²) in [6, 6.07) is 17.9. The molecule has 0 radical (unpaired) electrons. The molecule has 8 heteroatoms. The van der Waals surface area contributed by atoms with Gasteiger partial charge in [-0.15, -0.1) is 0 Å². The first kappa shape index (κ1) is 23.1. The molecular weight excluding hydrogens is 445 g/mol. The van der Waals surface area contributed by atoms with Crippen molar-refractivity contribution in [1.82, 2.24) is 25.0 Å². The molecule has 1 unspecified atom stereocenters. The summed E-state index contributed by atoms with van der Waals surface area (Å²) >= 11 is 0. The van der Waals surface area contributed by atoms with Gasteiger partial charge < -0.3 is 10.1 Å². The zero-order valence-electron chi connectivity index (χ0n) is 19.7. The molecule has 1 fully saturated rings. The lowest BCUT2D eigenvalue weighted by molar-refractivity contribution is 0.0342. The molecule has 7 nitrogen and oxygen atoms in total. The van der Waals surface area contributed by atoms with Gasteiger partial charge in [0.05, 0.1) is 42.6 Å². The number of nitrogens with zero attached hydrogens (tertiary/aromatic N) is 4. The van der Waals surface area contributed by atoms with E-state index in [1.807, 2.05) is 49.4 Å². The van der Waals surface area contributed by atoms with Crippen molar-refractivity contribution < 1.29 is 13.9 Å². The fraction of sp³-hybridized carbons (Fsp3) is 0.296. The summed E-state index contributed by atoms with van der Waals surface area (Å²) in [6.07, 6.45) is 1.66.